The van der Waals surface area contributed by atoms with E-state index in [0.29, 0.717) is 17.2 Å². The highest BCUT2D eigenvalue weighted by molar-refractivity contribution is 6.12. The Labute approximate surface area is 161 Å². The molecule has 3 heterocycles. The van der Waals surface area contributed by atoms with Crippen molar-refractivity contribution in [1.29, 1.82) is 0 Å². The Bertz CT molecular complexity index is 1190. The molecule has 0 radical (unpaired) electrons. The number of fused-ring (bicyclic) bond motifs is 1. The first-order chi connectivity index (χ1) is 13.6. The summed E-state index contributed by atoms with van der Waals surface area (Å²) in [6.07, 6.45) is 5.48. The van der Waals surface area contributed by atoms with Crippen LogP contribution in [0.2, 0.25) is 0 Å². The number of rotatable bonds is 4. The zero-order chi connectivity index (χ0) is 19.3. The molecule has 3 aromatic heterocycles. The van der Waals surface area contributed by atoms with Gasteiger partial charge in [0.25, 0.3) is 5.91 Å². The van der Waals surface area contributed by atoms with Crippen LogP contribution in [0.25, 0.3) is 16.7 Å². The third-order valence-corrected chi connectivity index (χ3v) is 5.05. The molecule has 0 unspecified atom stereocenters. The summed E-state index contributed by atoms with van der Waals surface area (Å²) in [5, 5.41) is 15.9. The maximum atomic E-state index is 13.2. The van der Waals surface area contributed by atoms with Gasteiger partial charge < -0.3 is 5.32 Å². The SMILES string of the molecule is Cc1nn(C)c2nc(C3CC3)cc(C(=O)Nc3cccc(-n4cnnc4)c3)c12. The van der Waals surface area contributed by atoms with Crippen molar-refractivity contribution in [3.05, 3.63) is 59.9 Å². The quantitative estimate of drug-likeness (QED) is 0.594. The minimum atomic E-state index is -0.161. The minimum absolute atomic E-state index is 0.161. The Morgan fingerprint density at radius 3 is 2.71 bits per heavy atom. The average Bonchev–Trinajstić information content (AvgIpc) is 3.32. The monoisotopic (exact) mass is 373 g/mol. The smallest absolute Gasteiger partial charge is 0.256 e. The van der Waals surface area contributed by atoms with Crippen molar-refractivity contribution >= 4 is 22.6 Å². The lowest BCUT2D eigenvalue weighted by Gasteiger charge is -2.10. The predicted molar refractivity (Wildman–Crippen MR) is 105 cm³/mol. The molecule has 1 fully saturated rings. The summed E-state index contributed by atoms with van der Waals surface area (Å²) >= 11 is 0. The first-order valence-electron chi connectivity index (χ1n) is 9.21. The summed E-state index contributed by atoms with van der Waals surface area (Å²) in [5.74, 6) is 0.287. The van der Waals surface area contributed by atoms with Crippen molar-refractivity contribution in [3.63, 3.8) is 0 Å². The van der Waals surface area contributed by atoms with E-state index < -0.39 is 0 Å². The van der Waals surface area contributed by atoms with Crippen LogP contribution in [-0.2, 0) is 7.05 Å². The van der Waals surface area contributed by atoms with Gasteiger partial charge in [0.15, 0.2) is 5.65 Å². The lowest BCUT2D eigenvalue weighted by molar-refractivity contribution is 0.102. The van der Waals surface area contributed by atoms with Crippen LogP contribution in [0.3, 0.4) is 0 Å². The second-order valence-corrected chi connectivity index (χ2v) is 7.15. The number of nitrogens with zero attached hydrogens (tertiary/aromatic N) is 6. The van der Waals surface area contributed by atoms with E-state index in [-0.39, 0.29) is 5.91 Å². The highest BCUT2D eigenvalue weighted by Gasteiger charge is 2.28. The van der Waals surface area contributed by atoms with Crippen molar-refractivity contribution in [3.8, 4) is 5.69 Å². The third-order valence-electron chi connectivity index (χ3n) is 5.05. The summed E-state index contributed by atoms with van der Waals surface area (Å²) in [6.45, 7) is 1.91. The molecule has 0 atom stereocenters. The number of aromatic nitrogens is 6. The molecule has 0 saturated heterocycles. The second kappa shape index (κ2) is 6.26. The van der Waals surface area contributed by atoms with E-state index in [0.717, 1.165) is 41.0 Å². The van der Waals surface area contributed by atoms with E-state index in [4.69, 9.17) is 4.98 Å². The van der Waals surface area contributed by atoms with Crippen LogP contribution in [0, 0.1) is 6.92 Å². The molecule has 1 aliphatic carbocycles. The topological polar surface area (TPSA) is 90.5 Å². The molecule has 0 spiro atoms. The Morgan fingerprint density at radius 1 is 1.18 bits per heavy atom. The normalized spacial score (nSPS) is 13.8. The van der Waals surface area contributed by atoms with Gasteiger partial charge in [-0.1, -0.05) is 6.07 Å². The van der Waals surface area contributed by atoms with Crippen LogP contribution in [0.15, 0.2) is 43.0 Å². The van der Waals surface area contributed by atoms with Gasteiger partial charge >= 0.3 is 0 Å². The fraction of sp³-hybridized carbons (Fsp3) is 0.250. The first-order valence-corrected chi connectivity index (χ1v) is 9.21. The van der Waals surface area contributed by atoms with Crippen molar-refractivity contribution in [2.24, 2.45) is 7.05 Å². The van der Waals surface area contributed by atoms with E-state index in [2.05, 4.69) is 20.6 Å². The number of anilines is 1. The second-order valence-electron chi connectivity index (χ2n) is 7.15. The third kappa shape index (κ3) is 2.83. The number of pyridine rings is 1. The van der Waals surface area contributed by atoms with Gasteiger partial charge in [0.05, 0.1) is 22.3 Å². The molecule has 140 valence electrons. The standard InChI is InChI=1S/C20H19N7O/c1-12-18-16(9-17(13-6-7-13)24-19(18)26(2)25-12)20(28)23-14-4-3-5-15(8-14)27-10-21-22-11-27/h3-5,8-11,13H,6-7H2,1-2H3,(H,23,28). The number of amides is 1. The van der Waals surface area contributed by atoms with Gasteiger partial charge in [-0.15, -0.1) is 10.2 Å². The largest absolute Gasteiger partial charge is 0.322 e. The number of aryl methyl sites for hydroxylation is 2. The zero-order valence-electron chi connectivity index (χ0n) is 15.6. The summed E-state index contributed by atoms with van der Waals surface area (Å²) in [7, 11) is 1.86. The van der Waals surface area contributed by atoms with E-state index in [1.165, 1.54) is 0 Å². The lowest BCUT2D eigenvalue weighted by atomic mass is 10.1. The molecule has 4 aromatic rings. The molecule has 8 nitrogen and oxygen atoms in total. The fourth-order valence-electron chi connectivity index (χ4n) is 3.51. The van der Waals surface area contributed by atoms with Gasteiger partial charge in [0, 0.05) is 24.3 Å². The van der Waals surface area contributed by atoms with Crippen LogP contribution in [-0.4, -0.2) is 35.4 Å². The van der Waals surface area contributed by atoms with Crippen molar-refractivity contribution in [2.75, 3.05) is 5.32 Å². The Hall–Kier alpha value is -3.55. The number of hydrogen-bond donors (Lipinski definition) is 1. The number of benzene rings is 1. The summed E-state index contributed by atoms with van der Waals surface area (Å²) in [6, 6.07) is 9.49. The van der Waals surface area contributed by atoms with Gasteiger partial charge in [0.2, 0.25) is 0 Å². The maximum Gasteiger partial charge on any atom is 0.256 e. The molecule has 1 aliphatic rings. The van der Waals surface area contributed by atoms with E-state index >= 15 is 0 Å². The molecular formula is C20H19N7O. The molecular weight excluding hydrogens is 354 g/mol. The van der Waals surface area contributed by atoms with Gasteiger partial charge in [-0.2, -0.15) is 5.10 Å². The first kappa shape index (κ1) is 16.6. The Morgan fingerprint density at radius 2 is 1.96 bits per heavy atom. The summed E-state index contributed by atoms with van der Waals surface area (Å²) < 4.78 is 3.54. The van der Waals surface area contributed by atoms with Crippen LogP contribution in [0.1, 0.15) is 40.5 Å². The van der Waals surface area contributed by atoms with E-state index in [9.17, 15) is 4.79 Å². The van der Waals surface area contributed by atoms with E-state index in [1.54, 1.807) is 21.9 Å². The fourth-order valence-corrected chi connectivity index (χ4v) is 3.51. The van der Waals surface area contributed by atoms with Gasteiger partial charge in [-0.3, -0.25) is 14.0 Å². The van der Waals surface area contributed by atoms with Crippen molar-refractivity contribution in [2.45, 2.75) is 25.7 Å². The van der Waals surface area contributed by atoms with Gasteiger partial charge in [-0.25, -0.2) is 4.98 Å². The highest BCUT2D eigenvalue weighted by Crippen LogP contribution is 2.40. The number of nitrogens with one attached hydrogen (secondary N) is 1. The minimum Gasteiger partial charge on any atom is -0.322 e. The van der Waals surface area contributed by atoms with Gasteiger partial charge in [0.1, 0.15) is 12.7 Å². The Kier molecular flexibility index (Phi) is 3.71. The van der Waals surface area contributed by atoms with Crippen LogP contribution in [0.5, 0.6) is 0 Å². The van der Waals surface area contributed by atoms with Crippen molar-refractivity contribution in [1.82, 2.24) is 29.5 Å². The van der Waals surface area contributed by atoms with Crippen LogP contribution >= 0.6 is 0 Å². The van der Waals surface area contributed by atoms with Crippen LogP contribution < -0.4 is 5.32 Å². The van der Waals surface area contributed by atoms with Gasteiger partial charge in [-0.05, 0) is 44.0 Å². The number of hydrogen-bond acceptors (Lipinski definition) is 5. The lowest BCUT2D eigenvalue weighted by Crippen LogP contribution is -2.14. The molecule has 0 bridgehead atoms. The zero-order valence-corrected chi connectivity index (χ0v) is 15.6. The molecule has 5 rings (SSSR count). The molecule has 1 aromatic carbocycles. The Balaban J connectivity index is 1.54. The predicted octanol–water partition coefficient (Wildman–Crippen LogP) is 2.99. The van der Waals surface area contributed by atoms with Crippen molar-refractivity contribution < 1.29 is 4.79 Å². The highest BCUT2D eigenvalue weighted by atomic mass is 16.1. The molecule has 0 aliphatic heterocycles. The average molecular weight is 373 g/mol. The number of carbonyl (C=O) groups excluding carboxylic acids is 1. The van der Waals surface area contributed by atoms with Crippen LogP contribution in [0.4, 0.5) is 5.69 Å². The maximum absolute atomic E-state index is 13.2. The molecule has 1 amide bonds. The molecule has 28 heavy (non-hydrogen) atoms. The van der Waals surface area contributed by atoms with E-state index in [1.807, 2.05) is 44.3 Å². The number of carbonyl (C=O) groups is 1. The summed E-state index contributed by atoms with van der Waals surface area (Å²) in [5.41, 5.74) is 4.72. The molecule has 1 saturated carbocycles. The molecule has 1 N–H and O–H groups in total. The molecule has 8 heteroatoms. The summed E-state index contributed by atoms with van der Waals surface area (Å²) in [4.78, 5) is 17.9.